The summed E-state index contributed by atoms with van der Waals surface area (Å²) in [5.74, 6) is 1.51. The fourth-order valence-electron chi connectivity index (χ4n) is 0.804. The van der Waals surface area contributed by atoms with E-state index in [0.29, 0.717) is 31.5 Å². The second kappa shape index (κ2) is 4.94. The second-order valence-corrected chi connectivity index (χ2v) is 3.04. The van der Waals surface area contributed by atoms with Crippen molar-refractivity contribution in [1.82, 2.24) is 10.1 Å². The van der Waals surface area contributed by atoms with E-state index in [-0.39, 0.29) is 5.92 Å². The molecule has 0 spiro atoms. The molecule has 0 aromatic carbocycles. The summed E-state index contributed by atoms with van der Waals surface area (Å²) in [6, 6.07) is 0. The van der Waals surface area contributed by atoms with E-state index in [2.05, 4.69) is 10.1 Å². The second-order valence-electron chi connectivity index (χ2n) is 3.04. The van der Waals surface area contributed by atoms with Gasteiger partial charge in [0, 0.05) is 12.5 Å². The Hall–Kier alpha value is -0.940. The van der Waals surface area contributed by atoms with E-state index in [1.807, 2.05) is 13.8 Å². The van der Waals surface area contributed by atoms with Gasteiger partial charge >= 0.3 is 0 Å². The van der Waals surface area contributed by atoms with E-state index < -0.39 is 0 Å². The molecule has 0 amide bonds. The lowest BCUT2D eigenvalue weighted by Crippen LogP contribution is -2.08. The molecule has 5 nitrogen and oxygen atoms in total. The van der Waals surface area contributed by atoms with Crippen LogP contribution in [0.1, 0.15) is 31.5 Å². The van der Waals surface area contributed by atoms with Crippen LogP contribution in [0.5, 0.6) is 0 Å². The molecule has 1 aromatic heterocycles. The Morgan fingerprint density at radius 2 is 2.31 bits per heavy atom. The molecule has 0 fully saturated rings. The van der Waals surface area contributed by atoms with Crippen molar-refractivity contribution in [3.8, 4) is 0 Å². The van der Waals surface area contributed by atoms with E-state index in [9.17, 15) is 0 Å². The first-order valence-electron chi connectivity index (χ1n) is 4.34. The van der Waals surface area contributed by atoms with Gasteiger partial charge in [-0.1, -0.05) is 19.0 Å². The van der Waals surface area contributed by atoms with Gasteiger partial charge in [-0.15, -0.1) is 0 Å². The van der Waals surface area contributed by atoms with Gasteiger partial charge in [0.15, 0.2) is 5.82 Å². The molecule has 0 atom stereocenters. The summed E-state index contributed by atoms with van der Waals surface area (Å²) in [7, 11) is 0. The fraction of sp³-hybridized carbons (Fsp3) is 0.750. The fourth-order valence-corrected chi connectivity index (χ4v) is 0.804. The number of nitrogens with two attached hydrogens (primary N) is 1. The molecule has 74 valence electrons. The standard InChI is InChI=1S/C8H15N3O2/c1-6(2)8-10-7(13-11-8)5-12-4-3-9/h6H,3-5,9H2,1-2H3. The first-order valence-corrected chi connectivity index (χ1v) is 4.34. The topological polar surface area (TPSA) is 74.2 Å². The Balaban J connectivity index is 2.40. The monoisotopic (exact) mass is 185 g/mol. The predicted octanol–water partition coefficient (Wildman–Crippen LogP) is 0.668. The lowest BCUT2D eigenvalue weighted by atomic mass is 10.2. The minimum Gasteiger partial charge on any atom is -0.370 e. The number of ether oxygens (including phenoxy) is 1. The normalized spacial score (nSPS) is 11.1. The third kappa shape index (κ3) is 3.12. The number of nitrogens with zero attached hydrogens (tertiary/aromatic N) is 2. The van der Waals surface area contributed by atoms with Gasteiger partial charge in [0.05, 0.1) is 6.61 Å². The van der Waals surface area contributed by atoms with Crippen LogP contribution in [0.15, 0.2) is 4.52 Å². The van der Waals surface area contributed by atoms with Crippen molar-refractivity contribution in [2.75, 3.05) is 13.2 Å². The smallest absolute Gasteiger partial charge is 0.252 e. The molecule has 1 aromatic rings. The molecule has 1 rings (SSSR count). The molecule has 0 aliphatic heterocycles. The summed E-state index contributed by atoms with van der Waals surface area (Å²) < 4.78 is 10.1. The Morgan fingerprint density at radius 1 is 1.54 bits per heavy atom. The summed E-state index contributed by atoms with van der Waals surface area (Å²) in [4.78, 5) is 4.14. The van der Waals surface area contributed by atoms with Gasteiger partial charge in [0.1, 0.15) is 6.61 Å². The van der Waals surface area contributed by atoms with Crippen LogP contribution >= 0.6 is 0 Å². The molecule has 5 heteroatoms. The Kier molecular flexibility index (Phi) is 3.85. The van der Waals surface area contributed by atoms with Crippen molar-refractivity contribution in [2.24, 2.45) is 5.73 Å². The van der Waals surface area contributed by atoms with Crippen LogP contribution in [0, 0.1) is 0 Å². The van der Waals surface area contributed by atoms with E-state index in [0.717, 1.165) is 0 Å². The molecule has 2 N–H and O–H groups in total. The minimum atomic E-state index is 0.284. The first kappa shape index (κ1) is 10.1. The number of aromatic nitrogens is 2. The van der Waals surface area contributed by atoms with Crippen molar-refractivity contribution in [2.45, 2.75) is 26.4 Å². The van der Waals surface area contributed by atoms with Crippen LogP contribution in [-0.4, -0.2) is 23.3 Å². The van der Waals surface area contributed by atoms with E-state index in [1.54, 1.807) is 0 Å². The average Bonchev–Trinajstić information content (AvgIpc) is 2.53. The van der Waals surface area contributed by atoms with Crippen LogP contribution in [0.25, 0.3) is 0 Å². The lowest BCUT2D eigenvalue weighted by Gasteiger charge is -1.95. The highest BCUT2D eigenvalue weighted by atomic mass is 16.5. The van der Waals surface area contributed by atoms with E-state index in [4.69, 9.17) is 15.0 Å². The van der Waals surface area contributed by atoms with Crippen LogP contribution in [0.4, 0.5) is 0 Å². The number of rotatable bonds is 5. The highest BCUT2D eigenvalue weighted by Gasteiger charge is 2.08. The summed E-state index contributed by atoms with van der Waals surface area (Å²) >= 11 is 0. The highest BCUT2D eigenvalue weighted by molar-refractivity contribution is 4.90. The molecule has 0 aliphatic rings. The van der Waals surface area contributed by atoms with Gasteiger partial charge in [-0.25, -0.2) is 0 Å². The van der Waals surface area contributed by atoms with Gasteiger partial charge in [-0.05, 0) is 0 Å². The molecular weight excluding hydrogens is 170 g/mol. The van der Waals surface area contributed by atoms with Crippen LogP contribution in [0.2, 0.25) is 0 Å². The summed E-state index contributed by atoms with van der Waals surface area (Å²) in [5, 5.41) is 3.80. The Bertz CT molecular complexity index is 247. The maximum absolute atomic E-state index is 5.25. The molecule has 0 saturated heterocycles. The zero-order valence-electron chi connectivity index (χ0n) is 7.99. The number of hydrogen-bond acceptors (Lipinski definition) is 5. The molecule has 0 radical (unpaired) electrons. The van der Waals surface area contributed by atoms with Crippen molar-refractivity contribution in [3.63, 3.8) is 0 Å². The Labute approximate surface area is 77.3 Å². The molecule has 0 saturated carbocycles. The molecule has 0 aliphatic carbocycles. The minimum absolute atomic E-state index is 0.284. The van der Waals surface area contributed by atoms with Gasteiger partial charge < -0.3 is 15.0 Å². The van der Waals surface area contributed by atoms with Gasteiger partial charge in [0.25, 0.3) is 5.89 Å². The highest BCUT2D eigenvalue weighted by Crippen LogP contribution is 2.09. The first-order chi connectivity index (χ1) is 6.24. The van der Waals surface area contributed by atoms with E-state index in [1.165, 1.54) is 0 Å². The van der Waals surface area contributed by atoms with E-state index >= 15 is 0 Å². The van der Waals surface area contributed by atoms with Crippen LogP contribution in [0.3, 0.4) is 0 Å². The summed E-state index contributed by atoms with van der Waals surface area (Å²) in [6.45, 7) is 5.38. The SMILES string of the molecule is CC(C)c1noc(COCCN)n1. The summed E-state index contributed by atoms with van der Waals surface area (Å²) in [5.41, 5.74) is 5.25. The maximum Gasteiger partial charge on any atom is 0.252 e. The van der Waals surface area contributed by atoms with Crippen molar-refractivity contribution in [3.05, 3.63) is 11.7 Å². The van der Waals surface area contributed by atoms with Crippen molar-refractivity contribution >= 4 is 0 Å². The molecule has 1 heterocycles. The maximum atomic E-state index is 5.25. The largest absolute Gasteiger partial charge is 0.370 e. The zero-order valence-corrected chi connectivity index (χ0v) is 7.99. The molecular formula is C8H15N3O2. The molecule has 0 unspecified atom stereocenters. The van der Waals surface area contributed by atoms with Gasteiger partial charge in [-0.2, -0.15) is 4.98 Å². The number of hydrogen-bond donors (Lipinski definition) is 1. The summed E-state index contributed by atoms with van der Waals surface area (Å²) in [6.07, 6.45) is 0. The third-order valence-electron chi connectivity index (χ3n) is 1.49. The zero-order chi connectivity index (χ0) is 9.68. The quantitative estimate of drug-likeness (QED) is 0.682. The van der Waals surface area contributed by atoms with Crippen LogP contribution < -0.4 is 5.73 Å². The molecule has 0 bridgehead atoms. The third-order valence-corrected chi connectivity index (χ3v) is 1.49. The van der Waals surface area contributed by atoms with Crippen LogP contribution in [-0.2, 0) is 11.3 Å². The lowest BCUT2D eigenvalue weighted by molar-refractivity contribution is 0.104. The average molecular weight is 185 g/mol. The van der Waals surface area contributed by atoms with Crippen molar-refractivity contribution in [1.29, 1.82) is 0 Å². The predicted molar refractivity (Wildman–Crippen MR) is 47.1 cm³/mol. The van der Waals surface area contributed by atoms with Gasteiger partial charge in [0.2, 0.25) is 0 Å². The van der Waals surface area contributed by atoms with Crippen molar-refractivity contribution < 1.29 is 9.26 Å². The van der Waals surface area contributed by atoms with Gasteiger partial charge in [-0.3, -0.25) is 0 Å². The Morgan fingerprint density at radius 3 is 2.85 bits per heavy atom. The molecule has 13 heavy (non-hydrogen) atoms.